The van der Waals surface area contributed by atoms with Gasteiger partial charge in [0.25, 0.3) is 5.91 Å². The summed E-state index contributed by atoms with van der Waals surface area (Å²) in [5.41, 5.74) is 1.65. The molecule has 126 valence electrons. The molecule has 1 N–H and O–H groups in total. The Balaban J connectivity index is 1.54. The minimum atomic E-state index is -0.327. The molecule has 0 fully saturated rings. The van der Waals surface area contributed by atoms with E-state index in [0.717, 1.165) is 28.0 Å². The maximum atomic E-state index is 13.0. The smallest absolute Gasteiger partial charge is 0.265 e. The number of thiophene rings is 1. The maximum Gasteiger partial charge on any atom is 0.265 e. The number of fused-ring (bicyclic) bond motifs is 1. The molecule has 0 bridgehead atoms. The number of aromatic nitrogens is 1. The Morgan fingerprint density at radius 1 is 1.16 bits per heavy atom. The van der Waals surface area contributed by atoms with Gasteiger partial charge in [0.05, 0.1) is 15.6 Å². The number of thioether (sulfide) groups is 1. The van der Waals surface area contributed by atoms with Gasteiger partial charge in [-0.2, -0.15) is 0 Å². The van der Waals surface area contributed by atoms with E-state index in [2.05, 4.69) is 15.2 Å². The van der Waals surface area contributed by atoms with Crippen LogP contribution in [-0.2, 0) is 0 Å². The van der Waals surface area contributed by atoms with Crippen molar-refractivity contribution in [3.63, 3.8) is 0 Å². The van der Waals surface area contributed by atoms with Gasteiger partial charge >= 0.3 is 0 Å². The van der Waals surface area contributed by atoms with Crippen molar-refractivity contribution in [1.29, 1.82) is 0 Å². The van der Waals surface area contributed by atoms with Gasteiger partial charge in [-0.3, -0.25) is 4.79 Å². The normalized spacial score (nSPS) is 13.4. The third kappa shape index (κ3) is 3.38. The molecule has 0 saturated carbocycles. The second-order valence-electron chi connectivity index (χ2n) is 5.43. The number of carbonyl (C=O) groups is 1. The Morgan fingerprint density at radius 3 is 2.84 bits per heavy atom. The molecule has 2 aromatic heterocycles. The number of pyridine rings is 1. The van der Waals surface area contributed by atoms with Crippen molar-refractivity contribution in [2.24, 2.45) is 0 Å². The Bertz CT molecular complexity index is 911. The molecule has 25 heavy (non-hydrogen) atoms. The summed E-state index contributed by atoms with van der Waals surface area (Å²) in [4.78, 5) is 19.6. The topological polar surface area (TPSA) is 45.2 Å². The molecule has 0 spiro atoms. The standard InChI is InChI=1S/C18H14FN3OS2/c19-12-3-5-13(6-4-12)21-17(23)15-7-8-16(25-15)22-10-11-24-18-14(22)2-1-9-20-18/h1-9H,10-11H2,(H,21,23). The number of halogens is 1. The van der Waals surface area contributed by atoms with Gasteiger partial charge in [-0.1, -0.05) is 0 Å². The Hall–Kier alpha value is -2.38. The van der Waals surface area contributed by atoms with E-state index in [0.29, 0.717) is 10.6 Å². The molecule has 4 rings (SSSR count). The summed E-state index contributed by atoms with van der Waals surface area (Å²) in [6.45, 7) is 0.878. The highest BCUT2D eigenvalue weighted by atomic mass is 32.2. The van der Waals surface area contributed by atoms with E-state index >= 15 is 0 Å². The van der Waals surface area contributed by atoms with Crippen LogP contribution in [0.25, 0.3) is 0 Å². The number of anilines is 3. The molecule has 1 aliphatic rings. The molecule has 0 aliphatic carbocycles. The molecule has 0 atom stereocenters. The van der Waals surface area contributed by atoms with Crippen LogP contribution in [0.3, 0.4) is 0 Å². The fourth-order valence-electron chi connectivity index (χ4n) is 2.60. The summed E-state index contributed by atoms with van der Waals surface area (Å²) in [6.07, 6.45) is 1.80. The van der Waals surface area contributed by atoms with Crippen LogP contribution in [0, 0.1) is 5.82 Å². The molecule has 3 heterocycles. The van der Waals surface area contributed by atoms with Crippen molar-refractivity contribution in [3.8, 4) is 0 Å². The van der Waals surface area contributed by atoms with Gasteiger partial charge < -0.3 is 10.2 Å². The molecule has 7 heteroatoms. The number of hydrogen-bond donors (Lipinski definition) is 1. The van der Waals surface area contributed by atoms with E-state index in [4.69, 9.17) is 0 Å². The Morgan fingerprint density at radius 2 is 2.00 bits per heavy atom. The highest BCUT2D eigenvalue weighted by Gasteiger charge is 2.21. The number of carbonyl (C=O) groups excluding carboxylic acids is 1. The van der Waals surface area contributed by atoms with Crippen molar-refractivity contribution in [1.82, 2.24) is 4.98 Å². The van der Waals surface area contributed by atoms with Crippen LogP contribution >= 0.6 is 23.1 Å². The van der Waals surface area contributed by atoms with Crippen LogP contribution in [0.2, 0.25) is 0 Å². The molecule has 1 aromatic carbocycles. The summed E-state index contributed by atoms with van der Waals surface area (Å²) < 4.78 is 13.0. The van der Waals surface area contributed by atoms with Crippen molar-refractivity contribution < 1.29 is 9.18 Å². The molecule has 1 aliphatic heterocycles. The van der Waals surface area contributed by atoms with Gasteiger partial charge in [0.15, 0.2) is 0 Å². The highest BCUT2D eigenvalue weighted by molar-refractivity contribution is 7.99. The van der Waals surface area contributed by atoms with Gasteiger partial charge in [-0.25, -0.2) is 9.37 Å². The Kier molecular flexibility index (Phi) is 4.42. The fraction of sp³-hybridized carbons (Fsp3) is 0.111. The number of benzene rings is 1. The van der Waals surface area contributed by atoms with Crippen molar-refractivity contribution in [2.75, 3.05) is 22.5 Å². The number of rotatable bonds is 3. The van der Waals surface area contributed by atoms with E-state index in [9.17, 15) is 9.18 Å². The number of nitrogens with one attached hydrogen (secondary N) is 1. The van der Waals surface area contributed by atoms with E-state index in [1.807, 2.05) is 24.3 Å². The lowest BCUT2D eigenvalue weighted by Crippen LogP contribution is -2.23. The second kappa shape index (κ2) is 6.85. The molecule has 1 amide bonds. The molecule has 0 radical (unpaired) electrons. The first-order valence-corrected chi connectivity index (χ1v) is 9.53. The van der Waals surface area contributed by atoms with Crippen LogP contribution in [0.1, 0.15) is 9.67 Å². The molecular formula is C18H14FN3OS2. The summed E-state index contributed by atoms with van der Waals surface area (Å²) in [7, 11) is 0. The molecular weight excluding hydrogens is 357 g/mol. The molecule has 3 aromatic rings. The first-order chi connectivity index (χ1) is 12.2. The molecule has 4 nitrogen and oxygen atoms in total. The van der Waals surface area contributed by atoms with Crippen LogP contribution in [0.15, 0.2) is 59.8 Å². The number of amides is 1. The first-order valence-electron chi connectivity index (χ1n) is 7.73. The van der Waals surface area contributed by atoms with E-state index in [-0.39, 0.29) is 11.7 Å². The van der Waals surface area contributed by atoms with Gasteiger partial charge in [-0.05, 0) is 48.5 Å². The highest BCUT2D eigenvalue weighted by Crippen LogP contribution is 2.40. The minimum Gasteiger partial charge on any atom is -0.330 e. The average Bonchev–Trinajstić information content (AvgIpc) is 3.13. The zero-order valence-electron chi connectivity index (χ0n) is 13.1. The van der Waals surface area contributed by atoms with Gasteiger partial charge in [0.1, 0.15) is 10.8 Å². The van der Waals surface area contributed by atoms with E-state index < -0.39 is 0 Å². The lowest BCUT2D eigenvalue weighted by molar-refractivity contribution is 0.103. The van der Waals surface area contributed by atoms with Crippen molar-refractivity contribution in [2.45, 2.75) is 5.03 Å². The third-order valence-corrected chi connectivity index (χ3v) is 5.86. The van der Waals surface area contributed by atoms with Gasteiger partial charge in [0, 0.05) is 24.2 Å². The van der Waals surface area contributed by atoms with Crippen molar-refractivity contribution >= 4 is 45.4 Å². The maximum absolute atomic E-state index is 13.0. The summed E-state index contributed by atoms with van der Waals surface area (Å²) in [5, 5.41) is 4.82. The predicted molar refractivity (Wildman–Crippen MR) is 101 cm³/mol. The van der Waals surface area contributed by atoms with Gasteiger partial charge in [0.2, 0.25) is 0 Å². The molecule has 0 unspecified atom stereocenters. The van der Waals surface area contributed by atoms with Gasteiger partial charge in [-0.15, -0.1) is 23.1 Å². The largest absolute Gasteiger partial charge is 0.330 e. The monoisotopic (exact) mass is 371 g/mol. The average molecular weight is 371 g/mol. The van der Waals surface area contributed by atoms with Crippen molar-refractivity contribution in [3.05, 3.63) is 65.4 Å². The van der Waals surface area contributed by atoms with Crippen LogP contribution < -0.4 is 10.2 Å². The second-order valence-corrected chi connectivity index (χ2v) is 7.57. The number of nitrogens with zero attached hydrogens (tertiary/aromatic N) is 2. The zero-order valence-corrected chi connectivity index (χ0v) is 14.7. The predicted octanol–water partition coefficient (Wildman–Crippen LogP) is 4.78. The van der Waals surface area contributed by atoms with Crippen LogP contribution in [-0.4, -0.2) is 23.2 Å². The third-order valence-electron chi connectivity index (χ3n) is 3.78. The van der Waals surface area contributed by atoms with E-state index in [1.165, 1.54) is 23.5 Å². The summed E-state index contributed by atoms with van der Waals surface area (Å²) >= 11 is 3.18. The minimum absolute atomic E-state index is 0.194. The lowest BCUT2D eigenvalue weighted by Gasteiger charge is -2.28. The van der Waals surface area contributed by atoms with Crippen LogP contribution in [0.5, 0.6) is 0 Å². The number of hydrogen-bond acceptors (Lipinski definition) is 5. The Labute approximate surface area is 152 Å². The molecule has 0 saturated heterocycles. The summed E-state index contributed by atoms with van der Waals surface area (Å²) in [5.74, 6) is 0.436. The SMILES string of the molecule is O=C(Nc1ccc(F)cc1)c1ccc(N2CCSc3ncccc32)s1. The summed E-state index contributed by atoms with van der Waals surface area (Å²) in [6, 6.07) is 13.5. The van der Waals surface area contributed by atoms with Crippen LogP contribution in [0.4, 0.5) is 20.8 Å². The quantitative estimate of drug-likeness (QED) is 0.720. The van der Waals surface area contributed by atoms with E-state index in [1.54, 1.807) is 30.1 Å². The fourth-order valence-corrected chi connectivity index (χ4v) is 4.47. The lowest BCUT2D eigenvalue weighted by atomic mass is 10.3. The zero-order chi connectivity index (χ0) is 17.2. The first kappa shape index (κ1) is 16.1.